The number of piperidine rings is 1. The van der Waals surface area contributed by atoms with Crippen molar-refractivity contribution in [2.75, 3.05) is 5.32 Å². The first-order chi connectivity index (χ1) is 19.7. The smallest absolute Gasteiger partial charge is 0.248 e. The zero-order valence-electron chi connectivity index (χ0n) is 22.3. The van der Waals surface area contributed by atoms with Crippen LogP contribution in [0, 0.1) is 12.8 Å². The lowest BCUT2D eigenvalue weighted by molar-refractivity contribution is -0.138. The molecule has 11 nitrogen and oxygen atoms in total. The number of nitrogens with one attached hydrogen (secondary N) is 1. The van der Waals surface area contributed by atoms with E-state index in [0.29, 0.717) is 45.2 Å². The van der Waals surface area contributed by atoms with Crippen molar-refractivity contribution in [1.82, 2.24) is 34.3 Å². The van der Waals surface area contributed by atoms with Crippen molar-refractivity contribution in [2.45, 2.75) is 45.3 Å². The van der Waals surface area contributed by atoms with Gasteiger partial charge >= 0.3 is 0 Å². The van der Waals surface area contributed by atoms with Gasteiger partial charge in [0, 0.05) is 30.1 Å². The number of aryl methyl sites for hydroxylation is 1. The van der Waals surface area contributed by atoms with Gasteiger partial charge in [0.25, 0.3) is 0 Å². The van der Waals surface area contributed by atoms with Crippen LogP contribution >= 0.6 is 15.9 Å². The molecule has 0 spiro atoms. The molecule has 4 aromatic heterocycles. The zero-order chi connectivity index (χ0) is 28.4. The number of nitrogens with zero attached hydrogens (tertiary/aromatic N) is 7. The average Bonchev–Trinajstić information content (AvgIpc) is 3.25. The van der Waals surface area contributed by atoms with Crippen molar-refractivity contribution >= 4 is 55.9 Å². The summed E-state index contributed by atoms with van der Waals surface area (Å²) in [7, 11) is 0. The van der Waals surface area contributed by atoms with E-state index in [9.17, 15) is 14.4 Å². The van der Waals surface area contributed by atoms with Gasteiger partial charge in [-0.2, -0.15) is 10.2 Å². The minimum atomic E-state index is -0.580. The summed E-state index contributed by atoms with van der Waals surface area (Å²) in [5.74, 6) is 0.782. The molecule has 0 bridgehead atoms. The van der Waals surface area contributed by atoms with E-state index < -0.39 is 6.04 Å². The molecule has 1 aliphatic carbocycles. The molecule has 5 heterocycles. The highest BCUT2D eigenvalue weighted by Crippen LogP contribution is 2.48. The Morgan fingerprint density at radius 1 is 1.02 bits per heavy atom. The van der Waals surface area contributed by atoms with E-state index in [0.717, 1.165) is 23.2 Å². The molecule has 1 unspecified atom stereocenters. The van der Waals surface area contributed by atoms with Crippen molar-refractivity contribution in [3.05, 3.63) is 70.8 Å². The van der Waals surface area contributed by atoms with Gasteiger partial charge < -0.3 is 10.2 Å². The minimum absolute atomic E-state index is 0.0461. The molecule has 1 aliphatic heterocycles. The number of amides is 2. The molecular weight excluding hydrogens is 588 g/mol. The van der Waals surface area contributed by atoms with Gasteiger partial charge in [0.1, 0.15) is 34.5 Å². The number of ketones is 1. The van der Waals surface area contributed by atoms with Crippen LogP contribution in [0.3, 0.4) is 0 Å². The van der Waals surface area contributed by atoms with Crippen LogP contribution in [0.2, 0.25) is 0 Å². The number of carbonyl (C=O) groups excluding carboxylic acids is 3. The first-order valence-electron chi connectivity index (χ1n) is 13.3. The second-order valence-electron chi connectivity index (χ2n) is 10.6. The number of Topliss-reactive ketones (excluding diaryl/α,β-unsaturated/α-hetero) is 1. The second kappa shape index (κ2) is 9.58. The fraction of sp³-hybridized carbons (Fsp3) is 0.276. The third-order valence-corrected chi connectivity index (χ3v) is 8.24. The van der Waals surface area contributed by atoms with Gasteiger partial charge in [-0.1, -0.05) is 12.1 Å². The Morgan fingerprint density at radius 2 is 1.85 bits per heavy atom. The molecule has 2 amide bonds. The number of aromatic nitrogens is 6. The van der Waals surface area contributed by atoms with E-state index in [-0.39, 0.29) is 30.2 Å². The van der Waals surface area contributed by atoms with Crippen molar-refractivity contribution in [2.24, 2.45) is 5.92 Å². The number of anilines is 1. The fourth-order valence-corrected chi connectivity index (χ4v) is 6.19. The quantitative estimate of drug-likeness (QED) is 0.226. The first-order valence-corrected chi connectivity index (χ1v) is 14.1. The van der Waals surface area contributed by atoms with Crippen molar-refractivity contribution in [1.29, 1.82) is 0 Å². The molecule has 3 atom stereocenters. The largest absolute Gasteiger partial charge is 0.326 e. The summed E-state index contributed by atoms with van der Waals surface area (Å²) in [5.41, 5.74) is 3.53. The number of fused-ring (bicyclic) bond motifs is 3. The lowest BCUT2D eigenvalue weighted by Gasteiger charge is -2.26. The van der Waals surface area contributed by atoms with E-state index >= 15 is 0 Å². The maximum atomic E-state index is 13.7. The summed E-state index contributed by atoms with van der Waals surface area (Å²) >= 11 is 3.32. The minimum Gasteiger partial charge on any atom is -0.326 e. The third kappa shape index (κ3) is 4.57. The number of benzene rings is 1. The molecule has 1 aromatic carbocycles. The Kier molecular flexibility index (Phi) is 5.96. The normalized spacial score (nSPS) is 19.5. The monoisotopic (exact) mass is 612 g/mol. The van der Waals surface area contributed by atoms with Crippen LogP contribution < -0.4 is 5.32 Å². The van der Waals surface area contributed by atoms with Crippen molar-refractivity contribution in [3.8, 4) is 11.1 Å². The summed E-state index contributed by atoms with van der Waals surface area (Å²) < 4.78 is 3.91. The van der Waals surface area contributed by atoms with Gasteiger partial charge in [-0.15, -0.1) is 0 Å². The van der Waals surface area contributed by atoms with Gasteiger partial charge in [0.15, 0.2) is 11.4 Å². The number of hydrogen-bond acceptors (Lipinski definition) is 7. The highest BCUT2D eigenvalue weighted by atomic mass is 79.9. The molecule has 7 rings (SSSR count). The summed E-state index contributed by atoms with van der Waals surface area (Å²) in [6.45, 7) is 3.24. The Bertz CT molecular complexity index is 1900. The SMILES string of the molecule is CC(=O)c1nn(CC(=O)N2C3C[C@@H]3C[C@H]2C(=O)Nc2cccc(Br)n2)c2ccc(-c3ccc4nc(C)nn4c3)cc12. The molecule has 1 saturated carbocycles. The summed E-state index contributed by atoms with van der Waals surface area (Å²) in [6, 6.07) is 14.3. The molecule has 1 saturated heterocycles. The van der Waals surface area contributed by atoms with Crippen LogP contribution in [-0.4, -0.2) is 63.9 Å². The number of halogens is 1. The van der Waals surface area contributed by atoms with Crippen LogP contribution in [0.5, 0.6) is 0 Å². The molecular formula is C29H25BrN8O3. The van der Waals surface area contributed by atoms with Gasteiger partial charge in [-0.05, 0) is 83.6 Å². The predicted octanol–water partition coefficient (Wildman–Crippen LogP) is 4.04. The predicted molar refractivity (Wildman–Crippen MR) is 154 cm³/mol. The average molecular weight is 613 g/mol. The molecule has 2 aliphatic rings. The van der Waals surface area contributed by atoms with Crippen LogP contribution in [0.4, 0.5) is 5.82 Å². The van der Waals surface area contributed by atoms with Crippen molar-refractivity contribution in [3.63, 3.8) is 0 Å². The Morgan fingerprint density at radius 3 is 2.66 bits per heavy atom. The van der Waals surface area contributed by atoms with E-state index in [1.54, 1.807) is 32.3 Å². The highest BCUT2D eigenvalue weighted by Gasteiger charge is 2.56. The van der Waals surface area contributed by atoms with Gasteiger partial charge in [0.2, 0.25) is 11.8 Å². The molecule has 0 radical (unpaired) electrons. The maximum Gasteiger partial charge on any atom is 0.248 e. The Labute approximate surface area is 242 Å². The second-order valence-corrected chi connectivity index (χ2v) is 11.4. The van der Waals surface area contributed by atoms with Crippen LogP contribution in [0.25, 0.3) is 27.7 Å². The number of likely N-dealkylation sites (tertiary alicyclic amines) is 1. The lowest BCUT2D eigenvalue weighted by Crippen LogP contribution is -2.46. The summed E-state index contributed by atoms with van der Waals surface area (Å²) in [4.78, 5) is 49.8. The number of pyridine rings is 2. The fourth-order valence-electron chi connectivity index (χ4n) is 5.85. The molecule has 5 aromatic rings. The Balaban J connectivity index is 1.17. The van der Waals surface area contributed by atoms with Crippen LogP contribution in [0.15, 0.2) is 59.3 Å². The lowest BCUT2D eigenvalue weighted by atomic mass is 10.0. The van der Waals surface area contributed by atoms with E-state index in [1.165, 1.54) is 6.92 Å². The highest BCUT2D eigenvalue weighted by molar-refractivity contribution is 9.10. The standard InChI is InChI=1S/C29H25BrN8O3/c1-15(39)28-20-10-17(18-7-9-26-31-16(2)34-37(26)13-18)6-8-21(20)36(35-28)14-27(40)38-22-11-19(22)12-23(38)29(41)33-25-5-3-4-24(30)32-25/h3-10,13,19,22-23H,11-12,14H2,1-2H3,(H,32,33,41)/t19-,22?,23+/m1/s1. The summed E-state index contributed by atoms with van der Waals surface area (Å²) in [5, 5.41) is 12.5. The molecule has 2 fully saturated rings. The van der Waals surface area contributed by atoms with E-state index in [4.69, 9.17) is 0 Å². The summed E-state index contributed by atoms with van der Waals surface area (Å²) in [6.07, 6.45) is 3.40. The first kappa shape index (κ1) is 25.5. The molecule has 206 valence electrons. The van der Waals surface area contributed by atoms with Gasteiger partial charge in [-0.3, -0.25) is 19.1 Å². The Hall–Kier alpha value is -4.45. The van der Waals surface area contributed by atoms with Crippen molar-refractivity contribution < 1.29 is 14.4 Å². The topological polar surface area (TPSA) is 127 Å². The van der Waals surface area contributed by atoms with Gasteiger partial charge in [-0.25, -0.2) is 14.5 Å². The molecule has 41 heavy (non-hydrogen) atoms. The van der Waals surface area contributed by atoms with Gasteiger partial charge in [0.05, 0.1) is 5.52 Å². The third-order valence-electron chi connectivity index (χ3n) is 7.80. The molecule has 12 heteroatoms. The van der Waals surface area contributed by atoms with Crippen LogP contribution in [-0.2, 0) is 16.1 Å². The number of rotatable bonds is 6. The molecule has 1 N–H and O–H groups in total. The van der Waals surface area contributed by atoms with E-state index in [2.05, 4.69) is 41.4 Å². The zero-order valence-corrected chi connectivity index (χ0v) is 23.9. The van der Waals surface area contributed by atoms with Crippen LogP contribution in [0.1, 0.15) is 36.1 Å². The maximum absolute atomic E-state index is 13.7. The van der Waals surface area contributed by atoms with E-state index in [1.807, 2.05) is 43.5 Å². The number of carbonyl (C=O) groups is 3. The number of hydrogen-bond donors (Lipinski definition) is 1.